The van der Waals surface area contributed by atoms with E-state index in [0.29, 0.717) is 10.9 Å². The summed E-state index contributed by atoms with van der Waals surface area (Å²) in [7, 11) is 0. The first-order valence-electron chi connectivity index (χ1n) is 6.01. The lowest BCUT2D eigenvalue weighted by atomic mass is 9.92. The van der Waals surface area contributed by atoms with E-state index in [-0.39, 0.29) is 17.5 Å². The van der Waals surface area contributed by atoms with Crippen LogP contribution in [0.4, 0.5) is 4.39 Å². The maximum Gasteiger partial charge on any atom is 0.251 e. The lowest BCUT2D eigenvalue weighted by Gasteiger charge is -2.28. The number of aliphatic hydroxyl groups is 1. The molecule has 0 saturated heterocycles. The van der Waals surface area contributed by atoms with Gasteiger partial charge in [-0.1, -0.05) is 28.8 Å². The average Bonchev–Trinajstić information content (AvgIpc) is 2.31. The minimum atomic E-state index is -0.500. The zero-order valence-corrected chi connectivity index (χ0v) is 11.4. The average molecular weight is 316 g/mol. The largest absolute Gasteiger partial charge is 0.391 e. The van der Waals surface area contributed by atoms with Gasteiger partial charge >= 0.3 is 0 Å². The second-order valence-corrected chi connectivity index (χ2v) is 5.51. The summed E-state index contributed by atoms with van der Waals surface area (Å²) in [6.45, 7) is 0. The number of halogens is 2. The highest BCUT2D eigenvalue weighted by molar-refractivity contribution is 9.10. The van der Waals surface area contributed by atoms with Crippen molar-refractivity contribution in [1.29, 1.82) is 0 Å². The summed E-state index contributed by atoms with van der Waals surface area (Å²) >= 11 is 3.15. The van der Waals surface area contributed by atoms with E-state index < -0.39 is 11.9 Å². The van der Waals surface area contributed by atoms with Crippen LogP contribution in [-0.4, -0.2) is 23.2 Å². The van der Waals surface area contributed by atoms with Crippen molar-refractivity contribution in [3.05, 3.63) is 34.1 Å². The molecule has 2 N–H and O–H groups in total. The summed E-state index contributed by atoms with van der Waals surface area (Å²) in [6.07, 6.45) is 2.95. The first-order chi connectivity index (χ1) is 8.56. The quantitative estimate of drug-likeness (QED) is 0.881. The molecule has 3 nitrogen and oxygen atoms in total. The van der Waals surface area contributed by atoms with Gasteiger partial charge in [0.05, 0.1) is 12.1 Å². The Balaban J connectivity index is 2.06. The van der Waals surface area contributed by atoms with Crippen LogP contribution in [0.15, 0.2) is 22.7 Å². The Hall–Kier alpha value is -0.940. The van der Waals surface area contributed by atoms with Gasteiger partial charge in [0.15, 0.2) is 0 Å². The molecule has 0 aliphatic heterocycles. The monoisotopic (exact) mass is 315 g/mol. The fraction of sp³-hybridized carbons (Fsp3) is 0.462. The predicted octanol–water partition coefficient (Wildman–Crippen LogP) is 2.62. The standard InChI is InChI=1S/C13H15BrFNO2/c14-9-5-8(6-10(15)7-9)13(18)16-11-3-1-2-4-12(11)17/h5-7,11-12,17H,1-4H2,(H,16,18)/t11-,12-/m0/s1. The Bertz CT molecular complexity index is 432. The fourth-order valence-corrected chi connectivity index (χ4v) is 2.68. The molecule has 1 amide bonds. The molecule has 1 aromatic carbocycles. The maximum atomic E-state index is 13.2. The highest BCUT2D eigenvalue weighted by Gasteiger charge is 2.24. The third-order valence-electron chi connectivity index (χ3n) is 3.17. The van der Waals surface area contributed by atoms with E-state index in [1.165, 1.54) is 12.1 Å². The molecule has 98 valence electrons. The topological polar surface area (TPSA) is 49.3 Å². The Morgan fingerprint density at radius 1 is 1.33 bits per heavy atom. The zero-order valence-electron chi connectivity index (χ0n) is 9.83. The van der Waals surface area contributed by atoms with Gasteiger partial charge < -0.3 is 10.4 Å². The number of hydrogen-bond acceptors (Lipinski definition) is 2. The van der Waals surface area contributed by atoms with Gasteiger partial charge in [-0.25, -0.2) is 4.39 Å². The lowest BCUT2D eigenvalue weighted by molar-refractivity contribution is 0.0717. The van der Waals surface area contributed by atoms with Crippen molar-refractivity contribution in [2.24, 2.45) is 0 Å². The molecular weight excluding hydrogens is 301 g/mol. The van der Waals surface area contributed by atoms with Crippen molar-refractivity contribution in [2.75, 3.05) is 0 Å². The van der Waals surface area contributed by atoms with Gasteiger partial charge in [0, 0.05) is 10.0 Å². The van der Waals surface area contributed by atoms with Crippen LogP contribution in [0.5, 0.6) is 0 Å². The number of carbonyl (C=O) groups is 1. The predicted molar refractivity (Wildman–Crippen MR) is 69.8 cm³/mol. The van der Waals surface area contributed by atoms with Gasteiger partial charge in [0.25, 0.3) is 5.91 Å². The van der Waals surface area contributed by atoms with Crippen molar-refractivity contribution in [1.82, 2.24) is 5.32 Å². The number of benzene rings is 1. The van der Waals surface area contributed by atoms with Crippen LogP contribution >= 0.6 is 15.9 Å². The van der Waals surface area contributed by atoms with Crippen LogP contribution in [0.25, 0.3) is 0 Å². The summed E-state index contributed by atoms with van der Waals surface area (Å²) in [6, 6.07) is 3.82. The third-order valence-corrected chi connectivity index (χ3v) is 3.63. The molecule has 0 unspecified atom stereocenters. The summed E-state index contributed by atoms with van der Waals surface area (Å²) < 4.78 is 13.7. The molecular formula is C13H15BrFNO2. The van der Waals surface area contributed by atoms with Crippen LogP contribution in [0.3, 0.4) is 0 Å². The summed E-state index contributed by atoms with van der Waals surface area (Å²) in [5.41, 5.74) is 0.264. The van der Waals surface area contributed by atoms with Gasteiger partial charge in [-0.3, -0.25) is 4.79 Å². The second-order valence-electron chi connectivity index (χ2n) is 4.59. The Morgan fingerprint density at radius 3 is 2.72 bits per heavy atom. The lowest BCUT2D eigenvalue weighted by Crippen LogP contribution is -2.45. The zero-order chi connectivity index (χ0) is 13.1. The number of rotatable bonds is 2. The summed E-state index contributed by atoms with van der Waals surface area (Å²) in [5.74, 6) is -0.806. The van der Waals surface area contributed by atoms with Crippen molar-refractivity contribution in [3.63, 3.8) is 0 Å². The van der Waals surface area contributed by atoms with Crippen molar-refractivity contribution < 1.29 is 14.3 Å². The van der Waals surface area contributed by atoms with Gasteiger partial charge in [-0.2, -0.15) is 0 Å². The number of nitrogens with one attached hydrogen (secondary N) is 1. The van der Waals surface area contributed by atoms with E-state index in [1.54, 1.807) is 6.07 Å². The van der Waals surface area contributed by atoms with Crippen LogP contribution < -0.4 is 5.32 Å². The van der Waals surface area contributed by atoms with Crippen LogP contribution in [-0.2, 0) is 0 Å². The molecule has 0 spiro atoms. The van der Waals surface area contributed by atoms with E-state index in [4.69, 9.17) is 0 Å². The van der Waals surface area contributed by atoms with Gasteiger partial charge in [0.2, 0.25) is 0 Å². The number of aliphatic hydroxyl groups excluding tert-OH is 1. The van der Waals surface area contributed by atoms with Gasteiger partial charge in [-0.15, -0.1) is 0 Å². The minimum absolute atomic E-state index is 0.228. The normalized spacial score (nSPS) is 23.7. The van der Waals surface area contributed by atoms with E-state index in [0.717, 1.165) is 19.3 Å². The third kappa shape index (κ3) is 3.29. The molecule has 1 saturated carbocycles. The Labute approximate surface area is 114 Å². The molecule has 2 atom stereocenters. The summed E-state index contributed by atoms with van der Waals surface area (Å²) in [4.78, 5) is 12.0. The van der Waals surface area contributed by atoms with Crippen molar-refractivity contribution in [3.8, 4) is 0 Å². The molecule has 0 aromatic heterocycles. The molecule has 1 aliphatic rings. The molecule has 1 aromatic rings. The highest BCUT2D eigenvalue weighted by atomic mass is 79.9. The van der Waals surface area contributed by atoms with E-state index in [9.17, 15) is 14.3 Å². The molecule has 18 heavy (non-hydrogen) atoms. The second kappa shape index (κ2) is 5.80. The minimum Gasteiger partial charge on any atom is -0.391 e. The fourth-order valence-electron chi connectivity index (χ4n) is 2.22. The van der Waals surface area contributed by atoms with Crippen molar-refractivity contribution >= 4 is 21.8 Å². The van der Waals surface area contributed by atoms with Crippen LogP contribution in [0.2, 0.25) is 0 Å². The molecule has 0 bridgehead atoms. The van der Waals surface area contributed by atoms with Gasteiger partial charge in [-0.05, 0) is 31.0 Å². The van der Waals surface area contributed by atoms with Crippen LogP contribution in [0, 0.1) is 5.82 Å². The number of amides is 1. The molecule has 2 rings (SSSR count). The number of carbonyl (C=O) groups excluding carboxylic acids is 1. The molecule has 1 aliphatic carbocycles. The highest BCUT2D eigenvalue weighted by Crippen LogP contribution is 2.20. The number of hydrogen-bond donors (Lipinski definition) is 2. The first-order valence-corrected chi connectivity index (χ1v) is 6.80. The van der Waals surface area contributed by atoms with E-state index >= 15 is 0 Å². The Morgan fingerprint density at radius 2 is 2.06 bits per heavy atom. The SMILES string of the molecule is O=C(N[C@H]1CCCC[C@@H]1O)c1cc(F)cc(Br)c1. The van der Waals surface area contributed by atoms with E-state index in [2.05, 4.69) is 21.2 Å². The first kappa shape index (κ1) is 13.5. The van der Waals surface area contributed by atoms with E-state index in [1.807, 2.05) is 0 Å². The molecule has 1 fully saturated rings. The van der Waals surface area contributed by atoms with Crippen LogP contribution in [0.1, 0.15) is 36.0 Å². The molecule has 5 heteroatoms. The molecule has 0 radical (unpaired) electrons. The molecule has 0 heterocycles. The van der Waals surface area contributed by atoms with Crippen molar-refractivity contribution in [2.45, 2.75) is 37.8 Å². The maximum absolute atomic E-state index is 13.2. The van der Waals surface area contributed by atoms with Gasteiger partial charge in [0.1, 0.15) is 5.82 Å². The smallest absolute Gasteiger partial charge is 0.251 e. The Kier molecular flexibility index (Phi) is 4.35. The summed E-state index contributed by atoms with van der Waals surface area (Å²) in [5, 5.41) is 12.5.